The van der Waals surface area contributed by atoms with Crippen molar-refractivity contribution in [2.75, 3.05) is 39.9 Å². The van der Waals surface area contributed by atoms with Gasteiger partial charge in [0.1, 0.15) is 0 Å². The highest BCUT2D eigenvalue weighted by atomic mass is 16.5. The van der Waals surface area contributed by atoms with Crippen molar-refractivity contribution in [1.29, 1.82) is 0 Å². The molecular formula is C13H22N2O2. The third kappa shape index (κ3) is 1.78. The van der Waals surface area contributed by atoms with Crippen molar-refractivity contribution in [2.24, 2.45) is 17.3 Å². The maximum atomic E-state index is 12.3. The number of amides is 1. The number of carbonyl (C=O) groups excluding carboxylic acids is 1. The summed E-state index contributed by atoms with van der Waals surface area (Å²) in [6.07, 6.45) is 3.90. The lowest BCUT2D eigenvalue weighted by Gasteiger charge is -2.42. The molecule has 1 spiro atoms. The second kappa shape index (κ2) is 4.25. The Morgan fingerprint density at radius 3 is 2.71 bits per heavy atom. The quantitative estimate of drug-likeness (QED) is 0.777. The molecule has 4 nitrogen and oxygen atoms in total. The van der Waals surface area contributed by atoms with Gasteiger partial charge in [0.05, 0.1) is 12.5 Å². The maximum Gasteiger partial charge on any atom is 0.228 e. The molecule has 2 saturated heterocycles. The Balaban J connectivity index is 1.66. The molecule has 1 aliphatic carbocycles. The van der Waals surface area contributed by atoms with E-state index in [-0.39, 0.29) is 5.92 Å². The molecule has 4 heteroatoms. The summed E-state index contributed by atoms with van der Waals surface area (Å²) >= 11 is 0. The zero-order valence-corrected chi connectivity index (χ0v) is 10.6. The van der Waals surface area contributed by atoms with Crippen LogP contribution < -0.4 is 5.32 Å². The van der Waals surface area contributed by atoms with Crippen LogP contribution in [0.25, 0.3) is 0 Å². The van der Waals surface area contributed by atoms with Gasteiger partial charge in [-0.05, 0) is 18.3 Å². The number of likely N-dealkylation sites (tertiary alicyclic amines) is 1. The molecule has 0 bridgehead atoms. The largest absolute Gasteiger partial charge is 0.384 e. The Kier molecular flexibility index (Phi) is 2.87. The van der Waals surface area contributed by atoms with Crippen LogP contribution in [-0.4, -0.2) is 50.7 Å². The van der Waals surface area contributed by atoms with Crippen LogP contribution in [0.3, 0.4) is 0 Å². The number of methoxy groups -OCH3 is 1. The lowest BCUT2D eigenvalue weighted by Crippen LogP contribution is -2.52. The molecule has 17 heavy (non-hydrogen) atoms. The van der Waals surface area contributed by atoms with Crippen LogP contribution in [0.2, 0.25) is 0 Å². The van der Waals surface area contributed by atoms with Crippen molar-refractivity contribution in [3.8, 4) is 0 Å². The Labute approximate surface area is 103 Å². The van der Waals surface area contributed by atoms with Crippen LogP contribution in [0.5, 0.6) is 0 Å². The van der Waals surface area contributed by atoms with Gasteiger partial charge in [-0.3, -0.25) is 4.79 Å². The fourth-order valence-corrected chi connectivity index (χ4v) is 3.55. The Morgan fingerprint density at radius 1 is 1.47 bits per heavy atom. The van der Waals surface area contributed by atoms with Crippen LogP contribution in [0, 0.1) is 17.3 Å². The molecule has 3 fully saturated rings. The van der Waals surface area contributed by atoms with E-state index in [1.807, 2.05) is 0 Å². The number of nitrogens with zero attached hydrogens (tertiary/aromatic N) is 1. The van der Waals surface area contributed by atoms with Gasteiger partial charge < -0.3 is 15.0 Å². The predicted octanol–water partition coefficient (Wildman–Crippen LogP) is 0.481. The lowest BCUT2D eigenvalue weighted by molar-refractivity contribution is -0.136. The fraction of sp³-hybridized carbons (Fsp3) is 0.923. The van der Waals surface area contributed by atoms with E-state index in [0.717, 1.165) is 32.8 Å². The minimum absolute atomic E-state index is 0.244. The number of ether oxygens (including phenoxy) is 1. The first-order valence-electron chi connectivity index (χ1n) is 6.74. The summed E-state index contributed by atoms with van der Waals surface area (Å²) in [6.45, 7) is 4.46. The zero-order valence-electron chi connectivity index (χ0n) is 10.6. The summed E-state index contributed by atoms with van der Waals surface area (Å²) in [6, 6.07) is 0. The van der Waals surface area contributed by atoms with Crippen LogP contribution in [0.1, 0.15) is 19.3 Å². The molecule has 0 radical (unpaired) electrons. The molecular weight excluding hydrogens is 216 g/mol. The van der Waals surface area contributed by atoms with Gasteiger partial charge in [-0.2, -0.15) is 0 Å². The molecule has 1 N–H and O–H groups in total. The first-order chi connectivity index (χ1) is 8.25. The average molecular weight is 238 g/mol. The molecule has 1 atom stereocenters. The number of rotatable bonds is 3. The van der Waals surface area contributed by atoms with E-state index in [1.54, 1.807) is 7.11 Å². The summed E-state index contributed by atoms with van der Waals surface area (Å²) in [5, 5.41) is 3.18. The molecule has 96 valence electrons. The molecule has 0 aromatic heterocycles. The molecule has 1 amide bonds. The van der Waals surface area contributed by atoms with E-state index in [1.165, 1.54) is 19.3 Å². The number of nitrogens with one attached hydrogen (secondary N) is 1. The summed E-state index contributed by atoms with van der Waals surface area (Å²) < 4.78 is 5.34. The maximum absolute atomic E-state index is 12.3. The standard InChI is InChI=1S/C13H22N2O2/c1-17-8-11-7-15(9-13(11)3-2-4-13)12(16)10-5-14-6-10/h10-11,14H,2-9H2,1H3/t11-/m1/s1. The van der Waals surface area contributed by atoms with E-state index in [0.29, 0.717) is 17.2 Å². The molecule has 3 rings (SSSR count). The monoisotopic (exact) mass is 238 g/mol. The second-order valence-electron chi connectivity index (χ2n) is 5.94. The Morgan fingerprint density at radius 2 is 2.24 bits per heavy atom. The van der Waals surface area contributed by atoms with Crippen molar-refractivity contribution < 1.29 is 9.53 Å². The first-order valence-corrected chi connectivity index (χ1v) is 6.74. The van der Waals surface area contributed by atoms with Gasteiger partial charge in [0.15, 0.2) is 0 Å². The minimum atomic E-state index is 0.244. The molecule has 1 saturated carbocycles. The Hall–Kier alpha value is -0.610. The fourth-order valence-electron chi connectivity index (χ4n) is 3.55. The van der Waals surface area contributed by atoms with Gasteiger partial charge >= 0.3 is 0 Å². The SMILES string of the molecule is COC[C@H]1CN(C(=O)C2CNC2)CC12CCC2. The summed E-state index contributed by atoms with van der Waals surface area (Å²) in [4.78, 5) is 14.4. The molecule has 0 aromatic rings. The molecule has 3 aliphatic rings. The molecule has 2 heterocycles. The molecule has 2 aliphatic heterocycles. The van der Waals surface area contributed by atoms with E-state index < -0.39 is 0 Å². The van der Waals surface area contributed by atoms with Crippen molar-refractivity contribution in [1.82, 2.24) is 10.2 Å². The van der Waals surface area contributed by atoms with Gasteiger partial charge in [0.2, 0.25) is 5.91 Å². The zero-order chi connectivity index (χ0) is 11.9. The van der Waals surface area contributed by atoms with E-state index >= 15 is 0 Å². The van der Waals surface area contributed by atoms with Gasteiger partial charge in [0.25, 0.3) is 0 Å². The lowest BCUT2D eigenvalue weighted by atomic mass is 9.63. The van der Waals surface area contributed by atoms with Gasteiger partial charge in [-0.15, -0.1) is 0 Å². The van der Waals surface area contributed by atoms with Crippen LogP contribution in [-0.2, 0) is 9.53 Å². The molecule has 0 unspecified atom stereocenters. The summed E-state index contributed by atoms with van der Waals surface area (Å²) in [7, 11) is 1.77. The Bertz CT molecular complexity index is 311. The van der Waals surface area contributed by atoms with Crippen molar-refractivity contribution in [3.05, 3.63) is 0 Å². The van der Waals surface area contributed by atoms with Crippen molar-refractivity contribution in [2.45, 2.75) is 19.3 Å². The third-order valence-electron chi connectivity index (χ3n) is 4.97. The average Bonchev–Trinajstić information content (AvgIpc) is 2.55. The summed E-state index contributed by atoms with van der Waals surface area (Å²) in [5.41, 5.74) is 0.406. The van der Waals surface area contributed by atoms with Gasteiger partial charge in [0, 0.05) is 39.2 Å². The van der Waals surface area contributed by atoms with Crippen molar-refractivity contribution in [3.63, 3.8) is 0 Å². The normalized spacial score (nSPS) is 31.4. The third-order valence-corrected chi connectivity index (χ3v) is 4.97. The first kappa shape index (κ1) is 11.5. The molecule has 0 aromatic carbocycles. The predicted molar refractivity (Wildman–Crippen MR) is 64.6 cm³/mol. The van der Waals surface area contributed by atoms with E-state index in [9.17, 15) is 4.79 Å². The van der Waals surface area contributed by atoms with Gasteiger partial charge in [-0.1, -0.05) is 6.42 Å². The highest BCUT2D eigenvalue weighted by Gasteiger charge is 2.52. The van der Waals surface area contributed by atoms with Crippen LogP contribution in [0.15, 0.2) is 0 Å². The van der Waals surface area contributed by atoms with Crippen LogP contribution in [0.4, 0.5) is 0 Å². The smallest absolute Gasteiger partial charge is 0.228 e. The van der Waals surface area contributed by atoms with E-state index in [4.69, 9.17) is 4.74 Å². The van der Waals surface area contributed by atoms with Gasteiger partial charge in [-0.25, -0.2) is 0 Å². The van der Waals surface area contributed by atoms with Crippen molar-refractivity contribution >= 4 is 5.91 Å². The van der Waals surface area contributed by atoms with Crippen LogP contribution >= 0.6 is 0 Å². The topological polar surface area (TPSA) is 41.6 Å². The number of hydrogen-bond acceptors (Lipinski definition) is 3. The number of carbonyl (C=O) groups is 1. The summed E-state index contributed by atoms with van der Waals surface area (Å²) in [5.74, 6) is 1.18. The number of hydrogen-bond donors (Lipinski definition) is 1. The minimum Gasteiger partial charge on any atom is -0.384 e. The van der Waals surface area contributed by atoms with E-state index in [2.05, 4.69) is 10.2 Å². The highest BCUT2D eigenvalue weighted by Crippen LogP contribution is 2.51. The second-order valence-corrected chi connectivity index (χ2v) is 5.94. The highest BCUT2D eigenvalue weighted by molar-refractivity contribution is 5.80.